The Labute approximate surface area is 164 Å². The Bertz CT molecular complexity index is 916. The summed E-state index contributed by atoms with van der Waals surface area (Å²) in [6, 6.07) is 4.77. The van der Waals surface area contributed by atoms with Crippen molar-refractivity contribution in [3.63, 3.8) is 0 Å². The number of carbonyl (C=O) groups excluding carboxylic acids is 1. The molecule has 1 N–H and O–H groups in total. The topological polar surface area (TPSA) is 103 Å². The molecule has 4 heterocycles. The van der Waals surface area contributed by atoms with Crippen molar-refractivity contribution in [2.75, 3.05) is 46.3 Å². The van der Waals surface area contributed by atoms with E-state index in [4.69, 9.17) is 4.42 Å². The second kappa shape index (κ2) is 7.69. The van der Waals surface area contributed by atoms with Gasteiger partial charge in [-0.3, -0.25) is 9.89 Å². The van der Waals surface area contributed by atoms with Gasteiger partial charge in [0, 0.05) is 45.5 Å². The number of aromatic amines is 1. The lowest BCUT2D eigenvalue weighted by atomic mass is 9.98. The number of piperidine rings is 1. The number of H-pyrrole nitrogens is 1. The number of nitrogens with zero attached hydrogens (tertiary/aromatic N) is 4. The number of furan rings is 1. The van der Waals surface area contributed by atoms with Crippen LogP contribution in [0.5, 0.6) is 0 Å². The van der Waals surface area contributed by atoms with Crippen molar-refractivity contribution in [2.24, 2.45) is 5.92 Å². The van der Waals surface area contributed by atoms with Gasteiger partial charge in [-0.2, -0.15) is 9.40 Å². The summed E-state index contributed by atoms with van der Waals surface area (Å²) < 4.78 is 33.0. The second-order valence-electron chi connectivity index (χ2n) is 7.42. The first kappa shape index (κ1) is 19.2. The zero-order chi connectivity index (χ0) is 19.7. The molecule has 1 amide bonds. The van der Waals surface area contributed by atoms with Crippen molar-refractivity contribution in [3.05, 3.63) is 24.4 Å². The number of hydrogen-bond donors (Lipinski definition) is 1. The van der Waals surface area contributed by atoms with E-state index in [0.29, 0.717) is 37.5 Å². The zero-order valence-corrected chi connectivity index (χ0v) is 16.7. The highest BCUT2D eigenvalue weighted by Crippen LogP contribution is 2.28. The van der Waals surface area contributed by atoms with Crippen molar-refractivity contribution in [3.8, 4) is 11.5 Å². The number of likely N-dealkylation sites (N-methyl/N-ethyl adjacent to an activating group) is 1. The van der Waals surface area contributed by atoms with Gasteiger partial charge in [-0.1, -0.05) is 0 Å². The van der Waals surface area contributed by atoms with Gasteiger partial charge in [0.15, 0.2) is 5.76 Å². The lowest BCUT2D eigenvalue weighted by molar-refractivity contribution is -0.138. The van der Waals surface area contributed by atoms with E-state index in [1.165, 1.54) is 10.4 Å². The van der Waals surface area contributed by atoms with Gasteiger partial charge >= 0.3 is 0 Å². The highest BCUT2D eigenvalue weighted by Gasteiger charge is 2.37. The molecule has 1 unspecified atom stereocenters. The molecule has 0 aliphatic carbocycles. The van der Waals surface area contributed by atoms with Crippen LogP contribution in [0.25, 0.3) is 11.5 Å². The van der Waals surface area contributed by atoms with Crippen LogP contribution in [-0.4, -0.2) is 84.9 Å². The van der Waals surface area contributed by atoms with E-state index in [9.17, 15) is 13.2 Å². The van der Waals surface area contributed by atoms with Crippen molar-refractivity contribution in [1.29, 1.82) is 0 Å². The second-order valence-corrected chi connectivity index (χ2v) is 9.29. The average Bonchev–Trinajstić information content (AvgIpc) is 3.40. The summed E-state index contributed by atoms with van der Waals surface area (Å²) in [6.45, 7) is 3.70. The summed E-state index contributed by atoms with van der Waals surface area (Å²) in [5.41, 5.74) is 0.614. The van der Waals surface area contributed by atoms with E-state index in [1.54, 1.807) is 18.3 Å². The maximum atomic E-state index is 13.0. The standard InChI is InChI=1S/C18H25N5O4S/c1-21-9-11-22(12-10-21)18(24)14-3-2-8-23(13-14)28(25,26)17-5-4-16(27-17)15-6-7-19-20-15/h4-7,14H,2-3,8-13H2,1H3,(H,19,20). The Hall–Kier alpha value is -2.17. The fraction of sp³-hybridized carbons (Fsp3) is 0.556. The number of aromatic nitrogens is 2. The third-order valence-electron chi connectivity index (χ3n) is 5.49. The van der Waals surface area contributed by atoms with E-state index in [-0.39, 0.29) is 23.5 Å². The van der Waals surface area contributed by atoms with Gasteiger partial charge in [-0.05, 0) is 38.1 Å². The molecule has 2 fully saturated rings. The third kappa shape index (κ3) is 3.71. The van der Waals surface area contributed by atoms with Crippen LogP contribution in [0.15, 0.2) is 33.9 Å². The van der Waals surface area contributed by atoms with Crippen LogP contribution in [-0.2, 0) is 14.8 Å². The van der Waals surface area contributed by atoms with Crippen LogP contribution in [0.2, 0.25) is 0 Å². The molecule has 2 saturated heterocycles. The summed E-state index contributed by atoms with van der Waals surface area (Å²) in [5.74, 6) is 0.178. The number of amides is 1. The molecule has 9 nitrogen and oxygen atoms in total. The summed E-state index contributed by atoms with van der Waals surface area (Å²) >= 11 is 0. The van der Waals surface area contributed by atoms with E-state index < -0.39 is 10.0 Å². The normalized spacial score (nSPS) is 22.5. The van der Waals surface area contributed by atoms with Crippen molar-refractivity contribution >= 4 is 15.9 Å². The maximum Gasteiger partial charge on any atom is 0.276 e. The molecular formula is C18H25N5O4S. The maximum absolute atomic E-state index is 13.0. The smallest absolute Gasteiger partial charge is 0.276 e. The van der Waals surface area contributed by atoms with E-state index in [1.807, 2.05) is 11.9 Å². The van der Waals surface area contributed by atoms with Crippen molar-refractivity contribution in [2.45, 2.75) is 17.9 Å². The van der Waals surface area contributed by atoms with Gasteiger partial charge < -0.3 is 14.2 Å². The van der Waals surface area contributed by atoms with Crippen molar-refractivity contribution < 1.29 is 17.6 Å². The predicted molar refractivity (Wildman–Crippen MR) is 102 cm³/mol. The molecule has 1 atom stereocenters. The minimum atomic E-state index is -3.78. The number of rotatable bonds is 4. The molecule has 0 spiro atoms. The summed E-state index contributed by atoms with van der Waals surface area (Å²) in [5, 5.41) is 6.49. The summed E-state index contributed by atoms with van der Waals surface area (Å²) in [7, 11) is -1.75. The molecule has 2 aromatic heterocycles. The Morgan fingerprint density at radius 1 is 1.18 bits per heavy atom. The number of piperazine rings is 1. The SMILES string of the molecule is CN1CCN(C(=O)C2CCCN(S(=O)(=O)c3ccc(-c4ccn[nH]4)o3)C2)CC1. The molecular weight excluding hydrogens is 382 g/mol. The molecule has 0 bridgehead atoms. The number of carbonyl (C=O) groups is 1. The predicted octanol–water partition coefficient (Wildman–Crippen LogP) is 0.844. The molecule has 0 radical (unpaired) electrons. The van der Waals surface area contributed by atoms with Crippen LogP contribution in [0.3, 0.4) is 0 Å². The number of sulfonamides is 1. The zero-order valence-electron chi connectivity index (χ0n) is 15.9. The minimum Gasteiger partial charge on any atom is -0.442 e. The Morgan fingerprint density at radius 2 is 1.96 bits per heavy atom. The first-order valence-electron chi connectivity index (χ1n) is 9.52. The quantitative estimate of drug-likeness (QED) is 0.806. The summed E-state index contributed by atoms with van der Waals surface area (Å²) in [6.07, 6.45) is 2.96. The molecule has 0 aromatic carbocycles. The molecule has 2 aliphatic heterocycles. The molecule has 152 valence electrons. The van der Waals surface area contributed by atoms with Gasteiger partial charge in [-0.15, -0.1) is 0 Å². The number of hydrogen-bond acceptors (Lipinski definition) is 6. The van der Waals surface area contributed by atoms with E-state index in [0.717, 1.165) is 19.5 Å². The highest BCUT2D eigenvalue weighted by molar-refractivity contribution is 7.89. The lowest BCUT2D eigenvalue weighted by Crippen LogP contribution is -2.52. The Morgan fingerprint density at radius 3 is 2.68 bits per heavy atom. The van der Waals surface area contributed by atoms with Gasteiger partial charge in [0.1, 0.15) is 5.69 Å². The monoisotopic (exact) mass is 407 g/mol. The van der Waals surface area contributed by atoms with Crippen molar-refractivity contribution in [1.82, 2.24) is 24.3 Å². The Balaban J connectivity index is 1.47. The molecule has 10 heteroatoms. The van der Waals surface area contributed by atoms with Crippen LogP contribution in [0.4, 0.5) is 0 Å². The van der Waals surface area contributed by atoms with Gasteiger partial charge in [0.2, 0.25) is 11.0 Å². The average molecular weight is 407 g/mol. The largest absolute Gasteiger partial charge is 0.442 e. The van der Waals surface area contributed by atoms with E-state index >= 15 is 0 Å². The third-order valence-corrected chi connectivity index (χ3v) is 7.23. The molecule has 2 aromatic rings. The van der Waals surface area contributed by atoms with Crippen LogP contribution in [0, 0.1) is 5.92 Å². The fourth-order valence-electron chi connectivity index (χ4n) is 3.77. The van der Waals surface area contributed by atoms with E-state index in [2.05, 4.69) is 15.1 Å². The molecule has 4 rings (SSSR count). The fourth-order valence-corrected chi connectivity index (χ4v) is 5.21. The Kier molecular flexibility index (Phi) is 5.26. The van der Waals surface area contributed by atoms with Crippen LogP contribution < -0.4 is 0 Å². The van der Waals surface area contributed by atoms with Crippen LogP contribution >= 0.6 is 0 Å². The molecule has 0 saturated carbocycles. The highest BCUT2D eigenvalue weighted by atomic mass is 32.2. The molecule has 28 heavy (non-hydrogen) atoms. The van der Waals surface area contributed by atoms with Crippen LogP contribution in [0.1, 0.15) is 12.8 Å². The van der Waals surface area contributed by atoms with Gasteiger partial charge in [0.05, 0.1) is 5.92 Å². The first-order valence-corrected chi connectivity index (χ1v) is 11.0. The van der Waals surface area contributed by atoms with Gasteiger partial charge in [0.25, 0.3) is 10.0 Å². The molecule has 2 aliphatic rings. The minimum absolute atomic E-state index is 0.0607. The summed E-state index contributed by atoms with van der Waals surface area (Å²) in [4.78, 5) is 16.9. The lowest BCUT2D eigenvalue weighted by Gasteiger charge is -2.37. The van der Waals surface area contributed by atoms with Gasteiger partial charge in [-0.25, -0.2) is 8.42 Å². The number of nitrogens with one attached hydrogen (secondary N) is 1. The first-order chi connectivity index (χ1) is 13.4.